The van der Waals surface area contributed by atoms with Crippen LogP contribution >= 0.6 is 0 Å². The number of amides is 3. The van der Waals surface area contributed by atoms with Crippen molar-refractivity contribution in [3.05, 3.63) is 35.4 Å². The molecule has 0 saturated heterocycles. The number of rotatable bonds is 12. The number of ether oxygens (including phenoxy) is 1. The van der Waals surface area contributed by atoms with Gasteiger partial charge in [0.25, 0.3) is 0 Å². The molecule has 1 aromatic rings. The number of nitrogens with zero attached hydrogens (tertiary/aromatic N) is 1. The van der Waals surface area contributed by atoms with Crippen LogP contribution in [0, 0.1) is 24.2 Å². The molecule has 1 saturated carbocycles. The highest BCUT2D eigenvalue weighted by atomic mass is 16.6. The van der Waals surface area contributed by atoms with Gasteiger partial charge >= 0.3 is 6.09 Å². The predicted molar refractivity (Wildman–Crippen MR) is 147 cm³/mol. The van der Waals surface area contributed by atoms with E-state index in [1.165, 1.54) is 0 Å². The number of carbonyl (C=O) groups excluding carboxylic acids is 3. The Labute approximate surface area is 223 Å². The number of carbonyl (C=O) groups is 3. The maximum Gasteiger partial charge on any atom is 0.408 e. The minimum absolute atomic E-state index is 0.125. The Morgan fingerprint density at radius 3 is 2.38 bits per heavy atom. The SMILES string of the molecule is C#Cc1ccccc1C(C(=O)NCCCCC)N(C(=O)C(CC(C)C)NC(=O)OC(C)(C)C)C1CC1C. The van der Waals surface area contributed by atoms with Gasteiger partial charge in [-0.3, -0.25) is 9.59 Å². The highest BCUT2D eigenvalue weighted by Gasteiger charge is 2.48. The van der Waals surface area contributed by atoms with Gasteiger partial charge in [-0.05, 0) is 63.5 Å². The van der Waals surface area contributed by atoms with E-state index in [-0.39, 0.29) is 29.7 Å². The van der Waals surface area contributed by atoms with Gasteiger partial charge in [0.2, 0.25) is 11.8 Å². The van der Waals surface area contributed by atoms with E-state index >= 15 is 0 Å². The van der Waals surface area contributed by atoms with Crippen LogP contribution in [0.4, 0.5) is 4.79 Å². The van der Waals surface area contributed by atoms with Gasteiger partial charge in [0.1, 0.15) is 17.7 Å². The predicted octanol–water partition coefficient (Wildman–Crippen LogP) is 5.19. The molecule has 3 amide bonds. The highest BCUT2D eigenvalue weighted by molar-refractivity contribution is 5.93. The monoisotopic (exact) mass is 511 g/mol. The maximum absolute atomic E-state index is 14.2. The fraction of sp³-hybridized carbons (Fsp3) is 0.633. The van der Waals surface area contributed by atoms with Crippen molar-refractivity contribution in [3.8, 4) is 12.3 Å². The molecule has 0 aromatic heterocycles. The fourth-order valence-corrected chi connectivity index (χ4v) is 4.46. The van der Waals surface area contributed by atoms with E-state index in [2.05, 4.69) is 30.4 Å². The van der Waals surface area contributed by atoms with Crippen LogP contribution < -0.4 is 10.6 Å². The number of unbranched alkanes of at least 4 members (excludes halogenated alkanes) is 2. The highest BCUT2D eigenvalue weighted by Crippen LogP contribution is 2.41. The van der Waals surface area contributed by atoms with Crippen LogP contribution in [0.1, 0.15) is 97.7 Å². The fourth-order valence-electron chi connectivity index (χ4n) is 4.46. The second-order valence-corrected chi connectivity index (χ2v) is 11.5. The Morgan fingerprint density at radius 1 is 1.19 bits per heavy atom. The summed E-state index contributed by atoms with van der Waals surface area (Å²) in [5.74, 6) is 2.49. The molecule has 37 heavy (non-hydrogen) atoms. The first-order valence-corrected chi connectivity index (χ1v) is 13.5. The molecule has 0 aliphatic heterocycles. The second kappa shape index (κ2) is 13.5. The van der Waals surface area contributed by atoms with E-state index in [0.29, 0.717) is 24.1 Å². The van der Waals surface area contributed by atoms with Crippen molar-refractivity contribution >= 4 is 17.9 Å². The number of hydrogen-bond donors (Lipinski definition) is 2. The molecule has 1 aliphatic carbocycles. The molecule has 1 aliphatic rings. The van der Waals surface area contributed by atoms with Crippen molar-refractivity contribution in [2.75, 3.05) is 6.54 Å². The number of benzene rings is 1. The zero-order chi connectivity index (χ0) is 27.8. The third kappa shape index (κ3) is 9.10. The Bertz CT molecular complexity index is 976. The Morgan fingerprint density at radius 2 is 1.84 bits per heavy atom. The molecule has 0 bridgehead atoms. The third-order valence-electron chi connectivity index (χ3n) is 6.39. The van der Waals surface area contributed by atoms with Gasteiger partial charge in [-0.15, -0.1) is 6.42 Å². The molecule has 4 atom stereocenters. The molecule has 204 valence electrons. The molecule has 7 nitrogen and oxygen atoms in total. The van der Waals surface area contributed by atoms with Gasteiger partial charge in [-0.25, -0.2) is 4.79 Å². The zero-order valence-corrected chi connectivity index (χ0v) is 23.6. The second-order valence-electron chi connectivity index (χ2n) is 11.5. The van der Waals surface area contributed by atoms with Crippen LogP contribution in [0.25, 0.3) is 0 Å². The summed E-state index contributed by atoms with van der Waals surface area (Å²) >= 11 is 0. The van der Waals surface area contributed by atoms with Crippen molar-refractivity contribution in [1.29, 1.82) is 0 Å². The van der Waals surface area contributed by atoms with Gasteiger partial charge in [0.05, 0.1) is 0 Å². The van der Waals surface area contributed by atoms with E-state index < -0.39 is 23.8 Å². The van der Waals surface area contributed by atoms with Crippen molar-refractivity contribution < 1.29 is 19.1 Å². The molecule has 1 fully saturated rings. The largest absolute Gasteiger partial charge is 0.444 e. The number of hydrogen-bond acceptors (Lipinski definition) is 4. The van der Waals surface area contributed by atoms with E-state index in [0.717, 1.165) is 25.7 Å². The Balaban J connectivity index is 2.49. The lowest BCUT2D eigenvalue weighted by Crippen LogP contribution is -2.54. The summed E-state index contributed by atoms with van der Waals surface area (Å²) in [7, 11) is 0. The summed E-state index contributed by atoms with van der Waals surface area (Å²) in [5.41, 5.74) is 0.487. The minimum atomic E-state index is -0.897. The first-order chi connectivity index (χ1) is 17.4. The van der Waals surface area contributed by atoms with Gasteiger partial charge < -0.3 is 20.3 Å². The van der Waals surface area contributed by atoms with Gasteiger partial charge in [0, 0.05) is 18.2 Å². The van der Waals surface area contributed by atoms with Gasteiger partial charge in [0.15, 0.2) is 0 Å². The van der Waals surface area contributed by atoms with E-state index in [4.69, 9.17) is 11.2 Å². The third-order valence-corrected chi connectivity index (χ3v) is 6.39. The van der Waals surface area contributed by atoms with Crippen LogP contribution in [0.15, 0.2) is 24.3 Å². The van der Waals surface area contributed by atoms with Gasteiger partial charge in [-0.2, -0.15) is 0 Å². The first-order valence-electron chi connectivity index (χ1n) is 13.5. The minimum Gasteiger partial charge on any atom is -0.444 e. The van der Waals surface area contributed by atoms with Crippen molar-refractivity contribution in [2.45, 2.75) is 104 Å². The number of nitrogens with one attached hydrogen (secondary N) is 2. The van der Waals surface area contributed by atoms with E-state index in [9.17, 15) is 14.4 Å². The Kier molecular flexibility index (Phi) is 11.0. The molecule has 2 rings (SSSR count). The summed E-state index contributed by atoms with van der Waals surface area (Å²) in [5, 5.41) is 5.83. The number of terminal acetylenes is 1. The molecule has 0 radical (unpaired) electrons. The summed E-state index contributed by atoms with van der Waals surface area (Å²) in [6, 6.07) is 5.40. The topological polar surface area (TPSA) is 87.7 Å². The van der Waals surface area contributed by atoms with Crippen molar-refractivity contribution in [1.82, 2.24) is 15.5 Å². The van der Waals surface area contributed by atoms with Crippen molar-refractivity contribution in [3.63, 3.8) is 0 Å². The summed E-state index contributed by atoms with van der Waals surface area (Å²) in [4.78, 5) is 42.3. The zero-order valence-electron chi connectivity index (χ0n) is 23.6. The van der Waals surface area contributed by atoms with E-state index in [1.54, 1.807) is 31.7 Å². The van der Waals surface area contributed by atoms with Gasteiger partial charge in [-0.1, -0.05) is 64.7 Å². The molecular formula is C30H45N3O4. The molecule has 4 unspecified atom stereocenters. The quantitative estimate of drug-likeness (QED) is 0.299. The maximum atomic E-state index is 14.2. The lowest BCUT2D eigenvalue weighted by molar-refractivity contribution is -0.143. The smallest absolute Gasteiger partial charge is 0.408 e. The average Bonchev–Trinajstić information content (AvgIpc) is 3.53. The lowest BCUT2D eigenvalue weighted by atomic mass is 9.95. The molecule has 0 spiro atoms. The van der Waals surface area contributed by atoms with Crippen molar-refractivity contribution in [2.24, 2.45) is 11.8 Å². The molecule has 7 heteroatoms. The molecular weight excluding hydrogens is 466 g/mol. The normalized spacial score (nSPS) is 18.4. The summed E-state index contributed by atoms with van der Waals surface area (Å²) < 4.78 is 5.46. The Hall–Kier alpha value is -3.01. The van der Waals surface area contributed by atoms with E-state index in [1.807, 2.05) is 32.0 Å². The van der Waals surface area contributed by atoms with Crippen LogP contribution in [0.3, 0.4) is 0 Å². The molecule has 2 N–H and O–H groups in total. The van der Waals surface area contributed by atoms with Crippen LogP contribution in [0.5, 0.6) is 0 Å². The summed E-state index contributed by atoms with van der Waals surface area (Å²) in [6.45, 7) is 14.0. The summed E-state index contributed by atoms with van der Waals surface area (Å²) in [6.07, 6.45) is 9.26. The lowest BCUT2D eigenvalue weighted by Gasteiger charge is -2.36. The first kappa shape index (κ1) is 30.2. The van der Waals surface area contributed by atoms with Crippen LogP contribution in [-0.4, -0.2) is 47.0 Å². The molecule has 1 aromatic carbocycles. The number of alkyl carbamates (subject to hydrolysis) is 1. The van der Waals surface area contributed by atoms with Crippen LogP contribution in [-0.2, 0) is 14.3 Å². The molecule has 0 heterocycles. The standard InChI is InChI=1S/C30H45N3O4/c1-9-11-14-17-31-27(34)26(23-16-13-12-15-22(23)10-2)33(25-19-21(25)5)28(35)24(18-20(3)4)32-29(36)37-30(6,7)8/h2,12-13,15-16,20-21,24-26H,9,11,14,17-19H2,1,3-8H3,(H,31,34)(H,32,36). The van der Waals surface area contributed by atoms with Crippen LogP contribution in [0.2, 0.25) is 0 Å². The average molecular weight is 512 g/mol.